The van der Waals surface area contributed by atoms with Crippen molar-refractivity contribution in [2.45, 2.75) is 19.8 Å². The van der Waals surface area contributed by atoms with Gasteiger partial charge in [-0.05, 0) is 24.1 Å². The second kappa shape index (κ2) is 4.40. The molecule has 1 heterocycles. The Kier molecular flexibility index (Phi) is 3.07. The van der Waals surface area contributed by atoms with Crippen molar-refractivity contribution in [2.24, 2.45) is 7.05 Å². The molecule has 0 saturated heterocycles. The molecule has 2 rings (SSSR count). The number of nitrogen functional groups attached to an aromatic ring is 1. The largest absolute Gasteiger partial charge is 0.384 e. The van der Waals surface area contributed by atoms with Gasteiger partial charge in [-0.25, -0.2) is 8.78 Å². The van der Waals surface area contributed by atoms with Crippen LogP contribution in [-0.4, -0.2) is 9.78 Å². The van der Waals surface area contributed by atoms with Crippen molar-refractivity contribution in [3.05, 3.63) is 35.4 Å². The lowest BCUT2D eigenvalue weighted by Crippen LogP contribution is -2.00. The number of nitrogens with zero attached hydrogens (tertiary/aromatic N) is 2. The van der Waals surface area contributed by atoms with Gasteiger partial charge in [0.15, 0.2) is 0 Å². The van der Waals surface area contributed by atoms with Crippen LogP contribution in [0, 0.1) is 11.6 Å². The van der Waals surface area contributed by atoms with Crippen molar-refractivity contribution in [1.29, 1.82) is 0 Å². The first-order chi connectivity index (χ1) is 8.41. The summed E-state index contributed by atoms with van der Waals surface area (Å²) in [7, 11) is 1.68. The number of hydrogen-bond donors (Lipinski definition) is 1. The molecule has 0 fully saturated rings. The average Bonchev–Trinajstić information content (AvgIpc) is 2.59. The molecule has 2 aromatic rings. The number of aryl methyl sites for hydroxylation is 1. The molecule has 0 bridgehead atoms. The van der Waals surface area contributed by atoms with Crippen LogP contribution in [0.25, 0.3) is 11.3 Å². The molecule has 1 aromatic heterocycles. The first-order valence-electron chi connectivity index (χ1n) is 5.69. The van der Waals surface area contributed by atoms with Crippen LogP contribution >= 0.6 is 0 Å². The minimum Gasteiger partial charge on any atom is -0.384 e. The summed E-state index contributed by atoms with van der Waals surface area (Å²) >= 11 is 0. The summed E-state index contributed by atoms with van der Waals surface area (Å²) in [5.74, 6) is -0.443. The second-order valence-electron chi connectivity index (χ2n) is 4.55. The fraction of sp³-hybridized carbons (Fsp3) is 0.308. The van der Waals surface area contributed by atoms with E-state index in [1.807, 2.05) is 13.8 Å². The third kappa shape index (κ3) is 1.96. The standard InChI is InChI=1S/C13H15F2N3/c1-7(2)11-12(17-18(3)13(11)16)9-6-8(14)4-5-10(9)15/h4-7H,16H2,1-3H3. The van der Waals surface area contributed by atoms with E-state index < -0.39 is 11.6 Å². The fourth-order valence-electron chi connectivity index (χ4n) is 2.00. The first kappa shape index (κ1) is 12.5. The van der Waals surface area contributed by atoms with Gasteiger partial charge in [-0.15, -0.1) is 0 Å². The Balaban J connectivity index is 2.71. The summed E-state index contributed by atoms with van der Waals surface area (Å²) in [6, 6.07) is 3.32. The van der Waals surface area contributed by atoms with Gasteiger partial charge in [-0.1, -0.05) is 13.8 Å². The summed E-state index contributed by atoms with van der Waals surface area (Å²) in [5.41, 5.74) is 7.20. The van der Waals surface area contributed by atoms with Gasteiger partial charge in [-0.3, -0.25) is 4.68 Å². The zero-order chi connectivity index (χ0) is 13.4. The Hall–Kier alpha value is -1.91. The normalized spacial score (nSPS) is 11.2. The second-order valence-corrected chi connectivity index (χ2v) is 4.55. The summed E-state index contributed by atoms with van der Waals surface area (Å²) in [5, 5.41) is 4.19. The minimum absolute atomic E-state index is 0.0800. The van der Waals surface area contributed by atoms with E-state index in [0.717, 1.165) is 23.8 Å². The quantitative estimate of drug-likeness (QED) is 0.891. The molecule has 0 amide bonds. The number of hydrogen-bond acceptors (Lipinski definition) is 2. The van der Waals surface area contributed by atoms with E-state index in [-0.39, 0.29) is 11.5 Å². The molecule has 0 saturated carbocycles. The van der Waals surface area contributed by atoms with Crippen LogP contribution in [-0.2, 0) is 7.05 Å². The third-order valence-electron chi connectivity index (χ3n) is 2.89. The molecule has 0 radical (unpaired) electrons. The molecule has 5 heteroatoms. The van der Waals surface area contributed by atoms with E-state index in [1.54, 1.807) is 7.05 Å². The number of aromatic nitrogens is 2. The molecule has 18 heavy (non-hydrogen) atoms. The molecular formula is C13H15F2N3. The Morgan fingerprint density at radius 2 is 1.94 bits per heavy atom. The smallest absolute Gasteiger partial charge is 0.132 e. The number of rotatable bonds is 2. The first-order valence-corrected chi connectivity index (χ1v) is 5.69. The highest BCUT2D eigenvalue weighted by molar-refractivity contribution is 5.69. The van der Waals surface area contributed by atoms with Crippen molar-refractivity contribution in [1.82, 2.24) is 9.78 Å². The highest BCUT2D eigenvalue weighted by atomic mass is 19.1. The van der Waals surface area contributed by atoms with Gasteiger partial charge in [-0.2, -0.15) is 5.10 Å². The van der Waals surface area contributed by atoms with E-state index in [0.29, 0.717) is 11.5 Å². The van der Waals surface area contributed by atoms with Crippen LogP contribution in [0.15, 0.2) is 18.2 Å². The Morgan fingerprint density at radius 1 is 1.28 bits per heavy atom. The molecule has 2 N–H and O–H groups in total. The van der Waals surface area contributed by atoms with Crippen LogP contribution in [0.5, 0.6) is 0 Å². The van der Waals surface area contributed by atoms with Crippen LogP contribution in [0.3, 0.4) is 0 Å². The summed E-state index contributed by atoms with van der Waals surface area (Å²) in [6.45, 7) is 3.88. The maximum Gasteiger partial charge on any atom is 0.132 e. The number of nitrogens with two attached hydrogens (primary N) is 1. The molecule has 3 nitrogen and oxygen atoms in total. The maximum absolute atomic E-state index is 13.8. The third-order valence-corrected chi connectivity index (χ3v) is 2.89. The Labute approximate surface area is 104 Å². The van der Waals surface area contributed by atoms with Crippen LogP contribution in [0.1, 0.15) is 25.3 Å². The van der Waals surface area contributed by atoms with Gasteiger partial charge in [0.05, 0.1) is 0 Å². The van der Waals surface area contributed by atoms with Crippen molar-refractivity contribution in [3.8, 4) is 11.3 Å². The van der Waals surface area contributed by atoms with Crippen molar-refractivity contribution in [2.75, 3.05) is 5.73 Å². The Morgan fingerprint density at radius 3 is 2.56 bits per heavy atom. The molecule has 1 aromatic carbocycles. The van der Waals surface area contributed by atoms with Gasteiger partial charge >= 0.3 is 0 Å². The fourth-order valence-corrected chi connectivity index (χ4v) is 2.00. The molecule has 0 aliphatic rings. The predicted molar refractivity (Wildman–Crippen MR) is 67.1 cm³/mol. The van der Waals surface area contributed by atoms with E-state index in [4.69, 9.17) is 5.73 Å². The molecule has 0 atom stereocenters. The monoisotopic (exact) mass is 251 g/mol. The minimum atomic E-state index is -0.503. The Bertz CT molecular complexity index is 588. The van der Waals surface area contributed by atoms with Gasteiger partial charge in [0.1, 0.15) is 23.1 Å². The number of benzene rings is 1. The summed E-state index contributed by atoms with van der Waals surface area (Å²) < 4.78 is 28.5. The molecule has 0 spiro atoms. The maximum atomic E-state index is 13.8. The zero-order valence-corrected chi connectivity index (χ0v) is 10.5. The topological polar surface area (TPSA) is 43.8 Å². The van der Waals surface area contributed by atoms with Gasteiger partial charge in [0.2, 0.25) is 0 Å². The van der Waals surface area contributed by atoms with Gasteiger partial charge in [0, 0.05) is 18.2 Å². The molecular weight excluding hydrogens is 236 g/mol. The zero-order valence-electron chi connectivity index (χ0n) is 10.5. The highest BCUT2D eigenvalue weighted by Gasteiger charge is 2.20. The van der Waals surface area contributed by atoms with Crippen molar-refractivity contribution < 1.29 is 8.78 Å². The van der Waals surface area contributed by atoms with E-state index in [1.165, 1.54) is 4.68 Å². The van der Waals surface area contributed by atoms with Crippen molar-refractivity contribution in [3.63, 3.8) is 0 Å². The lowest BCUT2D eigenvalue weighted by atomic mass is 9.98. The van der Waals surface area contributed by atoms with Crippen LogP contribution in [0.4, 0.5) is 14.6 Å². The van der Waals surface area contributed by atoms with Gasteiger partial charge < -0.3 is 5.73 Å². The summed E-state index contributed by atoms with van der Waals surface area (Å²) in [6.07, 6.45) is 0. The molecule has 0 aliphatic carbocycles. The SMILES string of the molecule is CC(C)c1c(-c2cc(F)ccc2F)nn(C)c1N. The van der Waals surface area contributed by atoms with Crippen molar-refractivity contribution >= 4 is 5.82 Å². The van der Waals surface area contributed by atoms with E-state index in [2.05, 4.69) is 5.10 Å². The van der Waals surface area contributed by atoms with E-state index in [9.17, 15) is 8.78 Å². The summed E-state index contributed by atoms with van der Waals surface area (Å²) in [4.78, 5) is 0. The number of anilines is 1. The highest BCUT2D eigenvalue weighted by Crippen LogP contribution is 2.34. The lowest BCUT2D eigenvalue weighted by Gasteiger charge is -2.08. The van der Waals surface area contributed by atoms with E-state index >= 15 is 0 Å². The average molecular weight is 251 g/mol. The molecule has 0 aliphatic heterocycles. The molecule has 96 valence electrons. The van der Waals surface area contributed by atoms with Crippen LogP contribution < -0.4 is 5.73 Å². The predicted octanol–water partition coefficient (Wildman–Crippen LogP) is 3.07. The van der Waals surface area contributed by atoms with Gasteiger partial charge in [0.25, 0.3) is 0 Å². The molecule has 0 unspecified atom stereocenters. The number of halogens is 2. The lowest BCUT2D eigenvalue weighted by molar-refractivity contribution is 0.602. The van der Waals surface area contributed by atoms with Crippen LogP contribution in [0.2, 0.25) is 0 Å².